The van der Waals surface area contributed by atoms with Crippen molar-refractivity contribution < 1.29 is 22.7 Å². The van der Waals surface area contributed by atoms with Crippen LogP contribution in [0.2, 0.25) is 0 Å². The zero-order valence-electron chi connectivity index (χ0n) is 18.0. The third-order valence-corrected chi connectivity index (χ3v) is 5.88. The monoisotopic (exact) mass is 457 g/mol. The summed E-state index contributed by atoms with van der Waals surface area (Å²) in [6, 6.07) is 8.05. The average molecular weight is 458 g/mol. The number of nitrogens with zero attached hydrogens (tertiary/aromatic N) is 3. The van der Waals surface area contributed by atoms with Crippen molar-refractivity contribution in [3.63, 3.8) is 0 Å². The molecule has 1 aromatic carbocycles. The lowest BCUT2D eigenvalue weighted by molar-refractivity contribution is -0.111. The fourth-order valence-electron chi connectivity index (χ4n) is 2.87. The highest BCUT2D eigenvalue weighted by Crippen LogP contribution is 2.31. The highest BCUT2D eigenvalue weighted by atomic mass is 32.2. The number of hydrogen-bond donors (Lipinski definition) is 2. The minimum absolute atomic E-state index is 0.0275. The van der Waals surface area contributed by atoms with E-state index in [0.29, 0.717) is 28.6 Å². The Bertz CT molecular complexity index is 1250. The topological polar surface area (TPSA) is 124 Å². The van der Waals surface area contributed by atoms with E-state index in [-0.39, 0.29) is 10.6 Å². The van der Waals surface area contributed by atoms with Crippen LogP contribution in [0.15, 0.2) is 53.7 Å². The van der Waals surface area contributed by atoms with Crippen LogP contribution in [0, 0.1) is 6.92 Å². The first kappa shape index (κ1) is 23.0. The van der Waals surface area contributed by atoms with Crippen LogP contribution < -0.4 is 19.5 Å². The summed E-state index contributed by atoms with van der Waals surface area (Å²) in [5, 5.41) is 7.05. The van der Waals surface area contributed by atoms with Gasteiger partial charge in [0.15, 0.2) is 0 Å². The zero-order chi connectivity index (χ0) is 23.3. The van der Waals surface area contributed by atoms with E-state index >= 15 is 0 Å². The average Bonchev–Trinajstić information content (AvgIpc) is 3.05. The number of pyridine rings is 1. The molecule has 2 aromatic heterocycles. The Hall–Kier alpha value is -3.70. The number of carbonyl (C=O) groups excluding carboxylic acids is 1. The minimum Gasteiger partial charge on any atom is -0.495 e. The van der Waals surface area contributed by atoms with Gasteiger partial charge in [-0.2, -0.15) is 5.10 Å². The molecule has 3 rings (SSSR count). The van der Waals surface area contributed by atoms with Crippen molar-refractivity contribution >= 4 is 27.7 Å². The van der Waals surface area contributed by atoms with E-state index in [0.717, 1.165) is 0 Å². The Balaban J connectivity index is 1.82. The van der Waals surface area contributed by atoms with Gasteiger partial charge in [0, 0.05) is 19.3 Å². The molecule has 11 heteroatoms. The highest BCUT2D eigenvalue weighted by molar-refractivity contribution is 7.89. The molecule has 0 saturated carbocycles. The standard InChI is InChI=1S/C21H23N5O5S/c1-14-20(21(26(3)25-14)31-16-6-5-11-23-13-16)24-19(27)10-8-15-7-9-17(30-4)18(12-15)32(28,29)22-2/h5-13,22H,1-4H3,(H,24,27)/b10-8+. The largest absolute Gasteiger partial charge is 0.495 e. The quantitative estimate of drug-likeness (QED) is 0.498. The van der Waals surface area contributed by atoms with Gasteiger partial charge in [-0.15, -0.1) is 0 Å². The van der Waals surface area contributed by atoms with Crippen LogP contribution in [0.5, 0.6) is 17.4 Å². The molecule has 0 aliphatic rings. The lowest BCUT2D eigenvalue weighted by atomic mass is 10.2. The second kappa shape index (κ2) is 9.62. The molecule has 3 aromatic rings. The highest BCUT2D eigenvalue weighted by Gasteiger charge is 2.19. The number of anilines is 1. The number of carbonyl (C=O) groups is 1. The minimum atomic E-state index is -3.73. The zero-order valence-corrected chi connectivity index (χ0v) is 18.8. The number of benzene rings is 1. The first-order valence-electron chi connectivity index (χ1n) is 9.47. The van der Waals surface area contributed by atoms with E-state index in [1.165, 1.54) is 43.1 Å². The normalized spacial score (nSPS) is 11.5. The Kier molecular flexibility index (Phi) is 6.91. The van der Waals surface area contributed by atoms with Crippen LogP contribution in [0.4, 0.5) is 5.69 Å². The molecule has 0 fully saturated rings. The Morgan fingerprint density at radius 1 is 1.25 bits per heavy atom. The lowest BCUT2D eigenvalue weighted by Crippen LogP contribution is -2.19. The molecule has 0 atom stereocenters. The number of amides is 1. The molecule has 168 valence electrons. The van der Waals surface area contributed by atoms with Crippen molar-refractivity contribution in [2.24, 2.45) is 7.05 Å². The van der Waals surface area contributed by atoms with Gasteiger partial charge in [-0.25, -0.2) is 17.8 Å². The summed E-state index contributed by atoms with van der Waals surface area (Å²) in [6.45, 7) is 1.74. The van der Waals surface area contributed by atoms with Gasteiger partial charge in [0.05, 0.1) is 19.0 Å². The SMILES string of the molecule is CNS(=O)(=O)c1cc(/C=C/C(=O)Nc2c(C)nn(C)c2Oc2cccnc2)ccc1OC. The smallest absolute Gasteiger partial charge is 0.248 e. The molecule has 0 aliphatic carbocycles. The maximum atomic E-state index is 12.6. The summed E-state index contributed by atoms with van der Waals surface area (Å²) >= 11 is 0. The van der Waals surface area contributed by atoms with Crippen molar-refractivity contribution in [3.8, 4) is 17.4 Å². The van der Waals surface area contributed by atoms with Gasteiger partial charge >= 0.3 is 0 Å². The number of ether oxygens (including phenoxy) is 2. The third kappa shape index (κ3) is 5.13. The van der Waals surface area contributed by atoms with Gasteiger partial charge in [-0.3, -0.25) is 9.78 Å². The van der Waals surface area contributed by atoms with Crippen molar-refractivity contribution in [2.75, 3.05) is 19.5 Å². The van der Waals surface area contributed by atoms with Gasteiger partial charge in [0.1, 0.15) is 22.1 Å². The fourth-order valence-corrected chi connectivity index (χ4v) is 3.80. The summed E-state index contributed by atoms with van der Waals surface area (Å²) in [5.41, 5.74) is 1.49. The number of rotatable bonds is 8. The summed E-state index contributed by atoms with van der Waals surface area (Å²) in [6.07, 6.45) is 5.96. The van der Waals surface area contributed by atoms with Crippen LogP contribution in [0.1, 0.15) is 11.3 Å². The van der Waals surface area contributed by atoms with E-state index in [2.05, 4.69) is 20.1 Å². The first-order chi connectivity index (χ1) is 15.2. The molecule has 0 bridgehead atoms. The third-order valence-electron chi connectivity index (χ3n) is 4.44. The summed E-state index contributed by atoms with van der Waals surface area (Å²) in [5.74, 6) is 0.609. The first-order valence-corrected chi connectivity index (χ1v) is 11.0. The van der Waals surface area contributed by atoms with Gasteiger partial charge < -0.3 is 14.8 Å². The van der Waals surface area contributed by atoms with Gasteiger partial charge in [0.25, 0.3) is 0 Å². The summed E-state index contributed by atoms with van der Waals surface area (Å²) in [7, 11) is 0.664. The lowest BCUT2D eigenvalue weighted by Gasteiger charge is -2.10. The second-order valence-corrected chi connectivity index (χ2v) is 8.48. The molecule has 0 spiro atoms. The number of aryl methyl sites for hydroxylation is 2. The van der Waals surface area contributed by atoms with E-state index in [1.54, 1.807) is 44.6 Å². The van der Waals surface area contributed by atoms with Crippen molar-refractivity contribution in [2.45, 2.75) is 11.8 Å². The molecule has 2 N–H and O–H groups in total. The molecular weight excluding hydrogens is 434 g/mol. The van der Waals surface area contributed by atoms with Gasteiger partial charge in [0.2, 0.25) is 21.8 Å². The van der Waals surface area contributed by atoms with Crippen molar-refractivity contribution in [1.29, 1.82) is 0 Å². The number of methoxy groups -OCH3 is 1. The molecule has 0 aliphatic heterocycles. The van der Waals surface area contributed by atoms with E-state index < -0.39 is 15.9 Å². The Morgan fingerprint density at radius 3 is 2.69 bits per heavy atom. The van der Waals surface area contributed by atoms with Crippen LogP contribution in [-0.4, -0.2) is 43.2 Å². The van der Waals surface area contributed by atoms with Crippen LogP contribution in [0.3, 0.4) is 0 Å². The van der Waals surface area contributed by atoms with Gasteiger partial charge in [-0.05, 0) is 49.9 Å². The number of hydrogen-bond acceptors (Lipinski definition) is 7. The number of sulfonamides is 1. The number of nitrogens with one attached hydrogen (secondary N) is 2. The van der Waals surface area contributed by atoms with Crippen LogP contribution >= 0.6 is 0 Å². The molecule has 2 heterocycles. The summed E-state index contributed by atoms with van der Waals surface area (Å²) in [4.78, 5) is 16.5. The molecule has 0 saturated heterocycles. The second-order valence-electron chi connectivity index (χ2n) is 6.62. The molecule has 32 heavy (non-hydrogen) atoms. The Morgan fingerprint density at radius 2 is 2.03 bits per heavy atom. The molecule has 1 amide bonds. The van der Waals surface area contributed by atoms with E-state index in [1.807, 2.05) is 0 Å². The molecule has 0 radical (unpaired) electrons. The van der Waals surface area contributed by atoms with Crippen molar-refractivity contribution in [1.82, 2.24) is 19.5 Å². The Labute approximate surface area is 185 Å². The molecule has 0 unspecified atom stereocenters. The predicted molar refractivity (Wildman–Crippen MR) is 119 cm³/mol. The predicted octanol–water partition coefficient (Wildman–Crippen LogP) is 2.48. The van der Waals surface area contributed by atoms with E-state index in [9.17, 15) is 13.2 Å². The van der Waals surface area contributed by atoms with E-state index in [4.69, 9.17) is 9.47 Å². The molecular formula is C21H23N5O5S. The van der Waals surface area contributed by atoms with Crippen LogP contribution in [-0.2, 0) is 21.9 Å². The maximum Gasteiger partial charge on any atom is 0.248 e. The maximum absolute atomic E-state index is 12.6. The number of aromatic nitrogens is 3. The summed E-state index contributed by atoms with van der Waals surface area (Å²) < 4.78 is 39.1. The fraction of sp³-hybridized carbons (Fsp3) is 0.190. The van der Waals surface area contributed by atoms with Crippen molar-refractivity contribution in [3.05, 3.63) is 60.1 Å². The molecule has 10 nitrogen and oxygen atoms in total. The van der Waals surface area contributed by atoms with Gasteiger partial charge in [-0.1, -0.05) is 6.07 Å². The van der Waals surface area contributed by atoms with Crippen LogP contribution in [0.25, 0.3) is 6.08 Å².